The zero-order valence-electron chi connectivity index (χ0n) is 18.4. The van der Waals surface area contributed by atoms with Gasteiger partial charge in [-0.1, -0.05) is 27.5 Å². The Morgan fingerprint density at radius 2 is 1.68 bits per heavy atom. The zero-order chi connectivity index (χ0) is 24.5. The second kappa shape index (κ2) is 12.2. The third-order valence-electron chi connectivity index (χ3n) is 4.48. The lowest BCUT2D eigenvalue weighted by Crippen LogP contribution is -2.17. The SMILES string of the molecule is COc1cc(/C=N/NC(=O)c2ccc(O)c(Cl)c2)cc(OC)c1OCCOc1ccc(Br)cc1. The molecule has 178 valence electrons. The Labute approximate surface area is 210 Å². The molecule has 0 saturated carbocycles. The van der Waals surface area contributed by atoms with Gasteiger partial charge in [-0.2, -0.15) is 5.10 Å². The largest absolute Gasteiger partial charge is 0.506 e. The number of hydrazone groups is 1. The molecule has 0 fully saturated rings. The molecule has 0 aliphatic carbocycles. The normalized spacial score (nSPS) is 10.7. The molecule has 1 amide bonds. The summed E-state index contributed by atoms with van der Waals surface area (Å²) >= 11 is 9.22. The minimum atomic E-state index is -0.484. The fourth-order valence-electron chi connectivity index (χ4n) is 2.83. The van der Waals surface area contributed by atoms with Gasteiger partial charge >= 0.3 is 0 Å². The van der Waals surface area contributed by atoms with Crippen molar-refractivity contribution in [3.63, 3.8) is 0 Å². The Bertz CT molecular complexity index is 1150. The lowest BCUT2D eigenvalue weighted by molar-refractivity contribution is 0.0955. The quantitative estimate of drug-likeness (QED) is 0.209. The predicted molar refractivity (Wildman–Crippen MR) is 133 cm³/mol. The van der Waals surface area contributed by atoms with E-state index < -0.39 is 5.91 Å². The van der Waals surface area contributed by atoms with Gasteiger partial charge in [0.2, 0.25) is 5.75 Å². The average Bonchev–Trinajstić information content (AvgIpc) is 2.84. The first-order valence-corrected chi connectivity index (χ1v) is 11.2. The fraction of sp³-hybridized carbons (Fsp3) is 0.167. The first kappa shape index (κ1) is 25.2. The zero-order valence-corrected chi connectivity index (χ0v) is 20.7. The van der Waals surface area contributed by atoms with Crippen LogP contribution in [0.1, 0.15) is 15.9 Å². The Kier molecular flexibility index (Phi) is 9.00. The molecule has 0 atom stereocenters. The molecule has 0 bridgehead atoms. The van der Waals surface area contributed by atoms with Crippen molar-refractivity contribution >= 4 is 39.7 Å². The van der Waals surface area contributed by atoms with E-state index in [0.717, 1.165) is 10.2 Å². The summed E-state index contributed by atoms with van der Waals surface area (Å²) in [7, 11) is 3.02. The van der Waals surface area contributed by atoms with Crippen LogP contribution < -0.4 is 24.4 Å². The van der Waals surface area contributed by atoms with Gasteiger partial charge in [0.05, 0.1) is 25.5 Å². The van der Waals surface area contributed by atoms with Crippen molar-refractivity contribution in [2.75, 3.05) is 27.4 Å². The molecule has 0 aliphatic rings. The van der Waals surface area contributed by atoms with Crippen LogP contribution in [0.2, 0.25) is 5.02 Å². The fourth-order valence-corrected chi connectivity index (χ4v) is 3.27. The molecule has 0 unspecified atom stereocenters. The number of rotatable bonds is 10. The van der Waals surface area contributed by atoms with Gasteiger partial charge in [0.1, 0.15) is 24.7 Å². The van der Waals surface area contributed by atoms with Gasteiger partial charge in [-0.3, -0.25) is 4.79 Å². The number of hydrogen-bond donors (Lipinski definition) is 2. The summed E-state index contributed by atoms with van der Waals surface area (Å²) in [6, 6.07) is 15.0. The number of nitrogens with one attached hydrogen (secondary N) is 1. The second-order valence-corrected chi connectivity index (χ2v) is 8.09. The molecule has 8 nitrogen and oxygen atoms in total. The number of nitrogens with zero attached hydrogens (tertiary/aromatic N) is 1. The van der Waals surface area contributed by atoms with Crippen LogP contribution in [-0.4, -0.2) is 44.7 Å². The number of hydrogen-bond acceptors (Lipinski definition) is 7. The summed E-state index contributed by atoms with van der Waals surface area (Å²) in [5.74, 6) is 1.42. The summed E-state index contributed by atoms with van der Waals surface area (Å²) in [5, 5.41) is 13.5. The highest BCUT2D eigenvalue weighted by molar-refractivity contribution is 9.10. The summed E-state index contributed by atoms with van der Waals surface area (Å²) in [6.45, 7) is 0.589. The molecule has 0 aromatic heterocycles. The Morgan fingerprint density at radius 1 is 1.03 bits per heavy atom. The minimum absolute atomic E-state index is 0.0731. The smallest absolute Gasteiger partial charge is 0.271 e. The van der Waals surface area contributed by atoms with Gasteiger partial charge in [0, 0.05) is 15.6 Å². The van der Waals surface area contributed by atoms with E-state index in [4.69, 9.17) is 30.5 Å². The number of aromatic hydroxyl groups is 1. The van der Waals surface area contributed by atoms with Crippen molar-refractivity contribution in [3.05, 3.63) is 75.2 Å². The number of halogens is 2. The Balaban J connectivity index is 1.63. The van der Waals surface area contributed by atoms with Gasteiger partial charge in [0.25, 0.3) is 5.91 Å². The lowest BCUT2D eigenvalue weighted by Gasteiger charge is -2.15. The molecule has 10 heteroatoms. The van der Waals surface area contributed by atoms with Crippen molar-refractivity contribution in [3.8, 4) is 28.7 Å². The number of carbonyl (C=O) groups excluding carboxylic acids is 1. The molecule has 0 saturated heterocycles. The van der Waals surface area contributed by atoms with Crippen molar-refractivity contribution in [1.29, 1.82) is 0 Å². The summed E-state index contributed by atoms with van der Waals surface area (Å²) < 4.78 is 23.4. The van der Waals surface area contributed by atoms with Crippen LogP contribution in [0.3, 0.4) is 0 Å². The summed E-state index contributed by atoms with van der Waals surface area (Å²) in [6.07, 6.45) is 1.44. The number of phenols is 1. The first-order chi connectivity index (χ1) is 16.4. The van der Waals surface area contributed by atoms with E-state index in [9.17, 15) is 9.90 Å². The van der Waals surface area contributed by atoms with Crippen LogP contribution >= 0.6 is 27.5 Å². The molecule has 0 heterocycles. The molecule has 34 heavy (non-hydrogen) atoms. The highest BCUT2D eigenvalue weighted by Crippen LogP contribution is 2.38. The van der Waals surface area contributed by atoms with Crippen LogP contribution in [0.25, 0.3) is 0 Å². The second-order valence-electron chi connectivity index (χ2n) is 6.77. The summed E-state index contributed by atoms with van der Waals surface area (Å²) in [4.78, 5) is 12.2. The number of methoxy groups -OCH3 is 2. The van der Waals surface area contributed by atoms with Crippen LogP contribution in [0.4, 0.5) is 0 Å². The molecule has 0 radical (unpaired) electrons. The highest BCUT2D eigenvalue weighted by atomic mass is 79.9. The molecular weight excluding hydrogens is 528 g/mol. The van der Waals surface area contributed by atoms with Crippen LogP contribution in [0.15, 0.2) is 64.2 Å². The lowest BCUT2D eigenvalue weighted by atomic mass is 10.2. The molecule has 2 N–H and O–H groups in total. The Hall–Kier alpha value is -3.43. The molecule has 3 aromatic carbocycles. The van der Waals surface area contributed by atoms with Crippen LogP contribution in [0.5, 0.6) is 28.7 Å². The van der Waals surface area contributed by atoms with Crippen molar-refractivity contribution in [2.45, 2.75) is 0 Å². The average molecular weight is 550 g/mol. The van der Waals surface area contributed by atoms with Gasteiger partial charge in [0.15, 0.2) is 11.5 Å². The number of carbonyl (C=O) groups is 1. The maximum atomic E-state index is 12.2. The van der Waals surface area contributed by atoms with Gasteiger partial charge in [-0.25, -0.2) is 5.43 Å². The van der Waals surface area contributed by atoms with Crippen molar-refractivity contribution < 1.29 is 28.8 Å². The Morgan fingerprint density at radius 3 is 2.29 bits per heavy atom. The van der Waals surface area contributed by atoms with E-state index >= 15 is 0 Å². The van der Waals surface area contributed by atoms with E-state index in [0.29, 0.717) is 29.4 Å². The number of benzene rings is 3. The van der Waals surface area contributed by atoms with Gasteiger partial charge in [-0.15, -0.1) is 0 Å². The summed E-state index contributed by atoms with van der Waals surface area (Å²) in [5.41, 5.74) is 3.26. The van der Waals surface area contributed by atoms with Crippen molar-refractivity contribution in [2.24, 2.45) is 5.10 Å². The maximum absolute atomic E-state index is 12.2. The highest BCUT2D eigenvalue weighted by Gasteiger charge is 2.14. The number of amides is 1. The third kappa shape index (κ3) is 6.79. The molecule has 3 aromatic rings. The molecule has 0 spiro atoms. The van der Waals surface area contributed by atoms with Crippen molar-refractivity contribution in [1.82, 2.24) is 5.43 Å². The standard InChI is InChI=1S/C24H22BrClN2O6/c1-31-21-11-15(14-27-28-24(30)16-3-8-20(29)19(26)13-16)12-22(32-2)23(21)34-10-9-33-18-6-4-17(25)5-7-18/h3-8,11-14,29H,9-10H2,1-2H3,(H,28,30)/b27-14+. The van der Waals surface area contributed by atoms with E-state index in [2.05, 4.69) is 26.5 Å². The van der Waals surface area contributed by atoms with Crippen LogP contribution in [-0.2, 0) is 0 Å². The first-order valence-electron chi connectivity index (χ1n) is 10.0. The minimum Gasteiger partial charge on any atom is -0.506 e. The molecule has 0 aliphatic heterocycles. The third-order valence-corrected chi connectivity index (χ3v) is 5.32. The van der Waals surface area contributed by atoms with Gasteiger partial charge < -0.3 is 24.1 Å². The van der Waals surface area contributed by atoms with E-state index in [1.165, 1.54) is 38.6 Å². The predicted octanol–water partition coefficient (Wildman–Crippen LogP) is 5.05. The van der Waals surface area contributed by atoms with Crippen LogP contribution in [0, 0.1) is 0 Å². The molecule has 3 rings (SSSR count). The van der Waals surface area contributed by atoms with E-state index in [1.54, 1.807) is 12.1 Å². The van der Waals surface area contributed by atoms with Gasteiger partial charge in [-0.05, 0) is 54.6 Å². The monoisotopic (exact) mass is 548 g/mol. The topological polar surface area (TPSA) is 98.6 Å². The number of ether oxygens (including phenoxy) is 4. The number of phenolic OH excluding ortho intramolecular Hbond substituents is 1. The van der Waals surface area contributed by atoms with E-state index in [-0.39, 0.29) is 22.9 Å². The molecular formula is C24H22BrClN2O6. The maximum Gasteiger partial charge on any atom is 0.271 e. The van der Waals surface area contributed by atoms with E-state index in [1.807, 2.05) is 24.3 Å².